The van der Waals surface area contributed by atoms with Crippen LogP contribution < -0.4 is 5.32 Å². The van der Waals surface area contributed by atoms with Crippen LogP contribution in [-0.4, -0.2) is 37.0 Å². The van der Waals surface area contributed by atoms with Crippen LogP contribution in [0.2, 0.25) is 0 Å². The third kappa shape index (κ3) is 4.37. The Bertz CT molecular complexity index is 314. The predicted molar refractivity (Wildman–Crippen MR) is 75.4 cm³/mol. The number of thioether (sulfide) groups is 1. The van der Waals surface area contributed by atoms with Gasteiger partial charge in [0.1, 0.15) is 5.76 Å². The summed E-state index contributed by atoms with van der Waals surface area (Å²) in [5.74, 6) is 2.26. The van der Waals surface area contributed by atoms with Crippen molar-refractivity contribution in [1.82, 2.24) is 10.2 Å². The lowest BCUT2D eigenvalue weighted by molar-refractivity contribution is 0.227. The first kappa shape index (κ1) is 14.6. The highest BCUT2D eigenvalue weighted by atomic mass is 32.2. The van der Waals surface area contributed by atoms with Gasteiger partial charge in [-0.05, 0) is 32.8 Å². The van der Waals surface area contributed by atoms with Crippen LogP contribution >= 0.6 is 11.8 Å². The van der Waals surface area contributed by atoms with Crippen LogP contribution in [0.25, 0.3) is 0 Å². The predicted octanol–water partition coefficient (Wildman–Crippen LogP) is 2.57. The van der Waals surface area contributed by atoms with Gasteiger partial charge in [0.05, 0.1) is 12.8 Å². The van der Waals surface area contributed by atoms with E-state index in [1.807, 2.05) is 18.8 Å². The summed E-state index contributed by atoms with van der Waals surface area (Å²) in [6.45, 7) is 4.01. The first-order valence-electron chi connectivity index (χ1n) is 6.11. The summed E-state index contributed by atoms with van der Waals surface area (Å²) in [6.07, 6.45) is 5.13. The van der Waals surface area contributed by atoms with Gasteiger partial charge in [-0.1, -0.05) is 6.92 Å². The molecular formula is C13H24N2OS. The summed E-state index contributed by atoms with van der Waals surface area (Å²) in [5, 5.41) is 3.17. The van der Waals surface area contributed by atoms with Crippen molar-refractivity contribution in [2.24, 2.45) is 0 Å². The molecule has 1 N–H and O–H groups in total. The summed E-state index contributed by atoms with van der Waals surface area (Å²) in [6, 6.07) is 2.67. The van der Waals surface area contributed by atoms with Gasteiger partial charge in [0.25, 0.3) is 0 Å². The maximum atomic E-state index is 5.57. The normalized spacial score (nSPS) is 13.2. The van der Waals surface area contributed by atoms with Crippen LogP contribution in [0.5, 0.6) is 0 Å². The minimum atomic E-state index is 0.623. The molecule has 17 heavy (non-hydrogen) atoms. The van der Waals surface area contributed by atoms with Gasteiger partial charge < -0.3 is 9.73 Å². The molecule has 1 aromatic rings. The minimum absolute atomic E-state index is 0.623. The molecule has 1 rings (SSSR count). The van der Waals surface area contributed by atoms with E-state index in [2.05, 4.69) is 36.5 Å². The van der Waals surface area contributed by atoms with E-state index in [-0.39, 0.29) is 0 Å². The van der Waals surface area contributed by atoms with Crippen LogP contribution in [-0.2, 0) is 13.1 Å². The van der Waals surface area contributed by atoms with Gasteiger partial charge in [0.15, 0.2) is 0 Å². The Labute approximate surface area is 109 Å². The van der Waals surface area contributed by atoms with Crippen molar-refractivity contribution in [3.63, 3.8) is 0 Å². The molecule has 1 unspecified atom stereocenters. The van der Waals surface area contributed by atoms with E-state index in [0.717, 1.165) is 18.8 Å². The SMILES string of the molecule is CCC(CSC)N(C)Cc1occc1CNC. The molecule has 0 saturated heterocycles. The van der Waals surface area contributed by atoms with Crippen molar-refractivity contribution < 1.29 is 4.42 Å². The molecule has 0 spiro atoms. The highest BCUT2D eigenvalue weighted by Gasteiger charge is 2.15. The molecule has 0 aliphatic rings. The van der Waals surface area contributed by atoms with E-state index in [0.29, 0.717) is 6.04 Å². The molecule has 0 radical (unpaired) electrons. The standard InChI is InChI=1S/C13H24N2OS/c1-5-12(10-17-4)15(3)9-13-11(8-14-2)6-7-16-13/h6-7,12,14H,5,8-10H2,1-4H3. The van der Waals surface area contributed by atoms with Crippen molar-refractivity contribution in [3.8, 4) is 0 Å². The maximum absolute atomic E-state index is 5.57. The van der Waals surface area contributed by atoms with E-state index >= 15 is 0 Å². The molecule has 0 aliphatic heterocycles. The summed E-state index contributed by atoms with van der Waals surface area (Å²) in [7, 11) is 4.14. The van der Waals surface area contributed by atoms with Crippen molar-refractivity contribution >= 4 is 11.8 Å². The monoisotopic (exact) mass is 256 g/mol. The third-order valence-electron chi connectivity index (χ3n) is 3.05. The van der Waals surface area contributed by atoms with Crippen molar-refractivity contribution in [3.05, 3.63) is 23.7 Å². The lowest BCUT2D eigenvalue weighted by Gasteiger charge is -2.26. The molecule has 1 aromatic heterocycles. The number of hydrogen-bond acceptors (Lipinski definition) is 4. The second kappa shape index (κ2) is 7.80. The average molecular weight is 256 g/mol. The van der Waals surface area contributed by atoms with Gasteiger partial charge in [-0.2, -0.15) is 11.8 Å². The van der Waals surface area contributed by atoms with E-state index in [4.69, 9.17) is 4.42 Å². The Kier molecular flexibility index (Phi) is 6.70. The Hall–Kier alpha value is -0.450. The summed E-state index contributed by atoms with van der Waals surface area (Å²) < 4.78 is 5.57. The quantitative estimate of drug-likeness (QED) is 0.774. The Balaban J connectivity index is 2.59. The van der Waals surface area contributed by atoms with Gasteiger partial charge in [0.2, 0.25) is 0 Å². The van der Waals surface area contributed by atoms with Crippen LogP contribution in [0.3, 0.4) is 0 Å². The molecule has 0 saturated carbocycles. The zero-order chi connectivity index (χ0) is 12.7. The number of hydrogen-bond donors (Lipinski definition) is 1. The van der Waals surface area contributed by atoms with Crippen molar-refractivity contribution in [2.45, 2.75) is 32.5 Å². The molecule has 0 bridgehead atoms. The highest BCUT2D eigenvalue weighted by molar-refractivity contribution is 7.98. The van der Waals surface area contributed by atoms with Crippen LogP contribution in [0, 0.1) is 0 Å². The van der Waals surface area contributed by atoms with Crippen LogP contribution in [0.15, 0.2) is 16.7 Å². The second-order valence-electron chi connectivity index (χ2n) is 4.33. The summed E-state index contributed by atoms with van der Waals surface area (Å²) in [4.78, 5) is 2.38. The molecule has 98 valence electrons. The smallest absolute Gasteiger partial charge is 0.122 e. The highest BCUT2D eigenvalue weighted by Crippen LogP contribution is 2.16. The second-order valence-corrected chi connectivity index (χ2v) is 5.24. The number of rotatable bonds is 8. The fourth-order valence-corrected chi connectivity index (χ4v) is 2.83. The fraction of sp³-hybridized carbons (Fsp3) is 0.692. The van der Waals surface area contributed by atoms with Gasteiger partial charge in [-0.15, -0.1) is 0 Å². The number of nitrogens with zero attached hydrogens (tertiary/aromatic N) is 1. The zero-order valence-corrected chi connectivity index (χ0v) is 12.1. The van der Waals surface area contributed by atoms with Crippen LogP contribution in [0.4, 0.5) is 0 Å². The van der Waals surface area contributed by atoms with Gasteiger partial charge in [0, 0.05) is 23.9 Å². The Morgan fingerprint density at radius 3 is 2.88 bits per heavy atom. The average Bonchev–Trinajstić information content (AvgIpc) is 2.74. The zero-order valence-electron chi connectivity index (χ0n) is 11.3. The lowest BCUT2D eigenvalue weighted by Crippen LogP contribution is -2.32. The topological polar surface area (TPSA) is 28.4 Å². The minimum Gasteiger partial charge on any atom is -0.468 e. The van der Waals surface area contributed by atoms with E-state index in [1.54, 1.807) is 6.26 Å². The largest absolute Gasteiger partial charge is 0.468 e. The molecule has 0 aromatic carbocycles. The molecule has 1 atom stereocenters. The van der Waals surface area contributed by atoms with Gasteiger partial charge in [-0.25, -0.2) is 0 Å². The molecule has 0 aliphatic carbocycles. The first-order chi connectivity index (χ1) is 8.22. The number of furan rings is 1. The molecule has 1 heterocycles. The van der Waals surface area contributed by atoms with Crippen LogP contribution in [0.1, 0.15) is 24.7 Å². The number of nitrogens with one attached hydrogen (secondary N) is 1. The molecule has 4 heteroatoms. The first-order valence-corrected chi connectivity index (χ1v) is 7.51. The lowest BCUT2D eigenvalue weighted by atomic mass is 10.2. The van der Waals surface area contributed by atoms with E-state index < -0.39 is 0 Å². The Morgan fingerprint density at radius 1 is 1.53 bits per heavy atom. The van der Waals surface area contributed by atoms with E-state index in [1.165, 1.54) is 17.7 Å². The van der Waals surface area contributed by atoms with E-state index in [9.17, 15) is 0 Å². The van der Waals surface area contributed by atoms with Crippen molar-refractivity contribution in [1.29, 1.82) is 0 Å². The summed E-state index contributed by atoms with van der Waals surface area (Å²) in [5.41, 5.74) is 1.26. The van der Waals surface area contributed by atoms with Gasteiger partial charge in [-0.3, -0.25) is 4.90 Å². The molecule has 3 nitrogen and oxygen atoms in total. The maximum Gasteiger partial charge on any atom is 0.122 e. The molecular weight excluding hydrogens is 232 g/mol. The summed E-state index contributed by atoms with van der Waals surface area (Å²) >= 11 is 1.91. The van der Waals surface area contributed by atoms with Gasteiger partial charge >= 0.3 is 0 Å². The fourth-order valence-electron chi connectivity index (χ4n) is 1.96. The third-order valence-corrected chi connectivity index (χ3v) is 3.77. The van der Waals surface area contributed by atoms with Crippen molar-refractivity contribution in [2.75, 3.05) is 26.1 Å². The molecule has 0 fully saturated rings. The molecule has 0 amide bonds. The Morgan fingerprint density at radius 2 is 2.29 bits per heavy atom.